The SMILES string of the molecule is CN=C(NCc1ccc(Cl)cc1)NCc1cccc(NC(=O)C2CCCO2)c1. The molecule has 2 aromatic rings. The van der Waals surface area contributed by atoms with Gasteiger partial charge in [-0.25, -0.2) is 0 Å². The maximum absolute atomic E-state index is 12.2. The first kappa shape index (κ1) is 20.2. The zero-order valence-electron chi connectivity index (χ0n) is 15.9. The van der Waals surface area contributed by atoms with Gasteiger partial charge < -0.3 is 20.7 Å². The molecular formula is C21H25ClN4O2. The highest BCUT2D eigenvalue weighted by atomic mass is 35.5. The molecule has 6 nitrogen and oxygen atoms in total. The van der Waals surface area contributed by atoms with Crippen molar-refractivity contribution in [2.75, 3.05) is 19.0 Å². The number of carbonyl (C=O) groups excluding carboxylic acids is 1. The number of rotatable bonds is 6. The average molecular weight is 401 g/mol. The van der Waals surface area contributed by atoms with E-state index in [4.69, 9.17) is 16.3 Å². The molecule has 1 atom stereocenters. The number of nitrogens with zero attached hydrogens (tertiary/aromatic N) is 1. The summed E-state index contributed by atoms with van der Waals surface area (Å²) < 4.78 is 5.42. The van der Waals surface area contributed by atoms with E-state index >= 15 is 0 Å². The summed E-state index contributed by atoms with van der Waals surface area (Å²) in [6.07, 6.45) is 1.38. The van der Waals surface area contributed by atoms with Crippen LogP contribution in [0.3, 0.4) is 0 Å². The van der Waals surface area contributed by atoms with Crippen LogP contribution in [0, 0.1) is 0 Å². The van der Waals surface area contributed by atoms with E-state index in [9.17, 15) is 4.79 Å². The van der Waals surface area contributed by atoms with Gasteiger partial charge in [-0.3, -0.25) is 9.79 Å². The fourth-order valence-corrected chi connectivity index (χ4v) is 3.09. The molecular weight excluding hydrogens is 376 g/mol. The molecule has 7 heteroatoms. The Balaban J connectivity index is 1.49. The lowest BCUT2D eigenvalue weighted by molar-refractivity contribution is -0.124. The van der Waals surface area contributed by atoms with E-state index in [2.05, 4.69) is 20.9 Å². The van der Waals surface area contributed by atoms with Crippen LogP contribution in [-0.4, -0.2) is 31.6 Å². The second-order valence-corrected chi connectivity index (χ2v) is 7.03. The molecule has 0 radical (unpaired) electrons. The lowest BCUT2D eigenvalue weighted by Gasteiger charge is -2.14. The number of benzene rings is 2. The van der Waals surface area contributed by atoms with E-state index in [-0.39, 0.29) is 12.0 Å². The molecule has 1 aliphatic heterocycles. The minimum absolute atomic E-state index is 0.0805. The van der Waals surface area contributed by atoms with Gasteiger partial charge in [0.05, 0.1) is 0 Å². The number of guanidine groups is 1. The number of aliphatic imine (C=N–C) groups is 1. The van der Waals surface area contributed by atoms with E-state index in [1.807, 2.05) is 48.5 Å². The summed E-state index contributed by atoms with van der Waals surface area (Å²) in [5, 5.41) is 10.2. The molecule has 2 aromatic carbocycles. The summed E-state index contributed by atoms with van der Waals surface area (Å²) >= 11 is 5.91. The van der Waals surface area contributed by atoms with E-state index in [1.165, 1.54) is 0 Å². The molecule has 0 bridgehead atoms. The Labute approximate surface area is 170 Å². The van der Waals surface area contributed by atoms with Crippen molar-refractivity contribution in [3.63, 3.8) is 0 Å². The van der Waals surface area contributed by atoms with Crippen LogP contribution < -0.4 is 16.0 Å². The van der Waals surface area contributed by atoms with Crippen molar-refractivity contribution in [2.45, 2.75) is 32.0 Å². The summed E-state index contributed by atoms with van der Waals surface area (Å²) in [6, 6.07) is 15.4. The summed E-state index contributed by atoms with van der Waals surface area (Å²) in [5.41, 5.74) is 2.93. The molecule has 1 amide bonds. The number of ether oxygens (including phenoxy) is 1. The van der Waals surface area contributed by atoms with Gasteiger partial charge in [0.25, 0.3) is 5.91 Å². The van der Waals surface area contributed by atoms with Gasteiger partial charge in [-0.05, 0) is 48.2 Å². The lowest BCUT2D eigenvalue weighted by atomic mass is 10.2. The van der Waals surface area contributed by atoms with Crippen LogP contribution in [0.2, 0.25) is 5.02 Å². The molecule has 0 aromatic heterocycles. The third kappa shape index (κ3) is 5.97. The third-order valence-electron chi connectivity index (χ3n) is 4.47. The quantitative estimate of drug-likeness (QED) is 0.513. The molecule has 3 rings (SSSR count). The van der Waals surface area contributed by atoms with Gasteiger partial charge in [-0.15, -0.1) is 0 Å². The second kappa shape index (κ2) is 10.1. The maximum Gasteiger partial charge on any atom is 0.253 e. The first-order valence-electron chi connectivity index (χ1n) is 9.34. The summed E-state index contributed by atoms with van der Waals surface area (Å²) in [6.45, 7) is 1.89. The molecule has 3 N–H and O–H groups in total. The van der Waals surface area contributed by atoms with Crippen molar-refractivity contribution in [3.8, 4) is 0 Å². The zero-order valence-corrected chi connectivity index (χ0v) is 16.6. The first-order chi connectivity index (χ1) is 13.6. The minimum atomic E-state index is -0.335. The predicted octanol–water partition coefficient (Wildman–Crippen LogP) is 3.32. The summed E-state index contributed by atoms with van der Waals surface area (Å²) in [4.78, 5) is 16.4. The van der Waals surface area contributed by atoms with Crippen molar-refractivity contribution in [3.05, 3.63) is 64.7 Å². The predicted molar refractivity (Wildman–Crippen MR) is 113 cm³/mol. The van der Waals surface area contributed by atoms with Crippen molar-refractivity contribution in [1.82, 2.24) is 10.6 Å². The Bertz CT molecular complexity index is 817. The molecule has 148 valence electrons. The number of halogens is 1. The van der Waals surface area contributed by atoms with Crippen LogP contribution >= 0.6 is 11.6 Å². The first-order valence-corrected chi connectivity index (χ1v) is 9.72. The van der Waals surface area contributed by atoms with Crippen molar-refractivity contribution < 1.29 is 9.53 Å². The molecule has 1 heterocycles. The van der Waals surface area contributed by atoms with E-state index in [0.29, 0.717) is 25.7 Å². The third-order valence-corrected chi connectivity index (χ3v) is 4.73. The molecule has 0 aliphatic carbocycles. The molecule has 1 saturated heterocycles. The van der Waals surface area contributed by atoms with Crippen molar-refractivity contribution in [1.29, 1.82) is 0 Å². The molecule has 1 fully saturated rings. The number of hydrogen-bond acceptors (Lipinski definition) is 3. The standard InChI is InChI=1S/C21H25ClN4O2/c1-23-21(24-13-15-7-9-17(22)10-8-15)25-14-16-4-2-5-18(12-16)26-20(27)19-6-3-11-28-19/h2,4-5,7-10,12,19H,3,6,11,13-14H2,1H3,(H,26,27)(H2,23,24,25). The van der Waals surface area contributed by atoms with Gasteiger partial charge in [0.2, 0.25) is 0 Å². The Hall–Kier alpha value is -2.57. The topological polar surface area (TPSA) is 74.8 Å². The van der Waals surface area contributed by atoms with Gasteiger partial charge in [-0.1, -0.05) is 35.9 Å². The van der Waals surface area contributed by atoms with Gasteiger partial charge in [0, 0.05) is 37.5 Å². The van der Waals surface area contributed by atoms with Gasteiger partial charge in [-0.2, -0.15) is 0 Å². The number of nitrogens with one attached hydrogen (secondary N) is 3. The Morgan fingerprint density at radius 3 is 2.57 bits per heavy atom. The summed E-state index contributed by atoms with van der Waals surface area (Å²) in [7, 11) is 1.73. The van der Waals surface area contributed by atoms with Crippen molar-refractivity contribution >= 4 is 29.2 Å². The maximum atomic E-state index is 12.2. The molecule has 0 saturated carbocycles. The smallest absolute Gasteiger partial charge is 0.253 e. The largest absolute Gasteiger partial charge is 0.368 e. The number of amides is 1. The van der Waals surface area contributed by atoms with E-state index < -0.39 is 0 Å². The minimum Gasteiger partial charge on any atom is -0.368 e. The number of anilines is 1. The van der Waals surface area contributed by atoms with Gasteiger partial charge in [0.1, 0.15) is 6.10 Å². The van der Waals surface area contributed by atoms with Gasteiger partial charge >= 0.3 is 0 Å². The highest BCUT2D eigenvalue weighted by Gasteiger charge is 2.23. The Morgan fingerprint density at radius 2 is 1.89 bits per heavy atom. The highest BCUT2D eigenvalue weighted by molar-refractivity contribution is 6.30. The lowest BCUT2D eigenvalue weighted by Crippen LogP contribution is -2.36. The van der Waals surface area contributed by atoms with Crippen LogP contribution in [0.1, 0.15) is 24.0 Å². The molecule has 28 heavy (non-hydrogen) atoms. The average Bonchev–Trinajstić information content (AvgIpc) is 3.25. The summed E-state index contributed by atoms with van der Waals surface area (Å²) in [5.74, 6) is 0.617. The second-order valence-electron chi connectivity index (χ2n) is 6.60. The number of carbonyl (C=O) groups is 1. The highest BCUT2D eigenvalue weighted by Crippen LogP contribution is 2.16. The van der Waals surface area contributed by atoms with Crippen LogP contribution in [-0.2, 0) is 22.6 Å². The van der Waals surface area contributed by atoms with Crippen LogP contribution in [0.25, 0.3) is 0 Å². The normalized spacial score (nSPS) is 16.6. The molecule has 0 spiro atoms. The zero-order chi connectivity index (χ0) is 19.8. The monoisotopic (exact) mass is 400 g/mol. The Morgan fingerprint density at radius 1 is 1.14 bits per heavy atom. The van der Waals surface area contributed by atoms with Crippen LogP contribution in [0.15, 0.2) is 53.5 Å². The fraction of sp³-hybridized carbons (Fsp3) is 0.333. The van der Waals surface area contributed by atoms with E-state index in [1.54, 1.807) is 7.05 Å². The Kier molecular flexibility index (Phi) is 7.28. The van der Waals surface area contributed by atoms with E-state index in [0.717, 1.165) is 34.7 Å². The number of hydrogen-bond donors (Lipinski definition) is 3. The van der Waals surface area contributed by atoms with Gasteiger partial charge in [0.15, 0.2) is 5.96 Å². The fourth-order valence-electron chi connectivity index (χ4n) is 2.96. The van der Waals surface area contributed by atoms with Crippen LogP contribution in [0.5, 0.6) is 0 Å². The molecule has 1 unspecified atom stereocenters. The van der Waals surface area contributed by atoms with Crippen LogP contribution in [0.4, 0.5) is 5.69 Å². The molecule has 1 aliphatic rings. The van der Waals surface area contributed by atoms with Crippen molar-refractivity contribution in [2.24, 2.45) is 4.99 Å².